The second kappa shape index (κ2) is 27.2. The first-order chi connectivity index (χ1) is 17.7. The van der Waals surface area contributed by atoms with Crippen molar-refractivity contribution in [3.63, 3.8) is 0 Å². The van der Waals surface area contributed by atoms with Gasteiger partial charge in [-0.3, -0.25) is 4.79 Å². The molecule has 4 nitrogen and oxygen atoms in total. The number of aliphatic hydroxyl groups is 2. The molecular weight excluding hydrogens is 446 g/mol. The molecule has 0 heterocycles. The zero-order valence-electron chi connectivity index (χ0n) is 22.7. The summed E-state index contributed by atoms with van der Waals surface area (Å²) in [6.45, 7) is 4.01. The van der Waals surface area contributed by atoms with Crippen LogP contribution in [0.5, 0.6) is 0 Å². The Labute approximate surface area is 221 Å². The Hall–Kier alpha value is -2.43. The fourth-order valence-corrected chi connectivity index (χ4v) is 3.22. The van der Waals surface area contributed by atoms with E-state index in [0.717, 1.165) is 57.8 Å². The molecule has 0 saturated carbocycles. The average molecular weight is 498 g/mol. The molecule has 0 aromatic rings. The Morgan fingerprint density at radius 1 is 0.667 bits per heavy atom. The number of carbonyl (C=O) groups is 1. The van der Waals surface area contributed by atoms with Crippen molar-refractivity contribution in [3.05, 3.63) is 85.1 Å². The van der Waals surface area contributed by atoms with E-state index in [0.29, 0.717) is 12.8 Å². The van der Waals surface area contributed by atoms with Crippen molar-refractivity contribution in [3.8, 4) is 0 Å². The molecule has 0 fully saturated rings. The third-order valence-corrected chi connectivity index (χ3v) is 5.33. The number of rotatable bonds is 22. The first-order valence-corrected chi connectivity index (χ1v) is 13.8. The van der Waals surface area contributed by atoms with Gasteiger partial charge in [-0.05, 0) is 64.2 Å². The van der Waals surface area contributed by atoms with E-state index >= 15 is 0 Å². The Bertz CT molecular complexity index is 713. The summed E-state index contributed by atoms with van der Waals surface area (Å²) < 4.78 is 0. The zero-order chi connectivity index (χ0) is 26.5. The third kappa shape index (κ3) is 23.3. The minimum atomic E-state index is -0.899. The lowest BCUT2D eigenvalue weighted by atomic mass is 10.1. The van der Waals surface area contributed by atoms with E-state index in [1.165, 1.54) is 6.42 Å². The molecule has 0 bridgehead atoms. The lowest BCUT2D eigenvalue weighted by molar-refractivity contribution is -0.122. The molecule has 0 aromatic heterocycles. The van der Waals surface area contributed by atoms with E-state index in [1.54, 1.807) is 6.08 Å². The predicted molar refractivity (Wildman–Crippen MR) is 156 cm³/mol. The summed E-state index contributed by atoms with van der Waals surface area (Å²) in [6.07, 6.45) is 39.5. The van der Waals surface area contributed by atoms with Gasteiger partial charge in [0, 0.05) is 6.42 Å². The van der Waals surface area contributed by atoms with E-state index in [2.05, 4.69) is 86.0 Å². The maximum atomic E-state index is 12.1. The summed E-state index contributed by atoms with van der Waals surface area (Å²) in [5, 5.41) is 22.5. The summed E-state index contributed by atoms with van der Waals surface area (Å²) >= 11 is 0. The van der Waals surface area contributed by atoms with Crippen LogP contribution in [0.3, 0.4) is 0 Å². The molecule has 202 valence electrons. The van der Waals surface area contributed by atoms with E-state index < -0.39 is 12.1 Å². The molecule has 2 unspecified atom stereocenters. The number of aliphatic hydroxyl groups excluding tert-OH is 2. The second-order valence-corrected chi connectivity index (χ2v) is 8.70. The molecule has 2 atom stereocenters. The SMILES string of the molecule is CC/C=C\C/C=C\C/C=C\C/C=C\CCC(=O)NC(CO)C(O)/C=C/CC/C=C/CC/C=C/CCC. The van der Waals surface area contributed by atoms with Crippen LogP contribution in [0.25, 0.3) is 0 Å². The van der Waals surface area contributed by atoms with Crippen molar-refractivity contribution < 1.29 is 15.0 Å². The van der Waals surface area contributed by atoms with E-state index in [1.807, 2.05) is 12.2 Å². The molecule has 0 radical (unpaired) electrons. The molecule has 4 heteroatoms. The molecule has 1 amide bonds. The standard InChI is InChI=1S/C32H51NO3/c1-3-5-7-9-11-13-15-16-18-20-22-24-26-28-32(36)33-30(29-34)31(35)27-25-23-21-19-17-14-12-10-8-6-4-2/h5,7-8,10-11,13,16-19,22,24-25,27,30-31,34-35H,3-4,6,9,12,14-15,20-21,23,26,28-29H2,1-2H3,(H,33,36)/b7-5-,10-8+,13-11-,18-16-,19-17+,24-22-,27-25+. The molecule has 36 heavy (non-hydrogen) atoms. The van der Waals surface area contributed by atoms with Crippen molar-refractivity contribution in [2.24, 2.45) is 0 Å². The number of hydrogen-bond donors (Lipinski definition) is 3. The van der Waals surface area contributed by atoms with Gasteiger partial charge in [0.25, 0.3) is 0 Å². The summed E-state index contributed by atoms with van der Waals surface area (Å²) in [4.78, 5) is 12.1. The van der Waals surface area contributed by atoms with Crippen LogP contribution in [0.2, 0.25) is 0 Å². The molecule has 0 spiro atoms. The van der Waals surface area contributed by atoms with Crippen molar-refractivity contribution in [2.45, 2.75) is 103 Å². The highest BCUT2D eigenvalue weighted by atomic mass is 16.3. The van der Waals surface area contributed by atoms with Crippen LogP contribution in [0.1, 0.15) is 90.9 Å². The van der Waals surface area contributed by atoms with Gasteiger partial charge in [0.05, 0.1) is 18.8 Å². The van der Waals surface area contributed by atoms with Gasteiger partial charge in [0.15, 0.2) is 0 Å². The van der Waals surface area contributed by atoms with Crippen molar-refractivity contribution >= 4 is 5.91 Å². The van der Waals surface area contributed by atoms with E-state index in [-0.39, 0.29) is 12.5 Å². The Kier molecular flexibility index (Phi) is 25.3. The van der Waals surface area contributed by atoms with Gasteiger partial charge < -0.3 is 15.5 Å². The van der Waals surface area contributed by atoms with Gasteiger partial charge in [-0.25, -0.2) is 0 Å². The highest BCUT2D eigenvalue weighted by molar-refractivity contribution is 5.76. The first kappa shape index (κ1) is 33.6. The van der Waals surface area contributed by atoms with Gasteiger partial charge in [-0.2, -0.15) is 0 Å². The van der Waals surface area contributed by atoms with E-state index in [4.69, 9.17) is 0 Å². The molecule has 0 aliphatic rings. The second-order valence-electron chi connectivity index (χ2n) is 8.70. The van der Waals surface area contributed by atoms with Crippen LogP contribution >= 0.6 is 0 Å². The first-order valence-electron chi connectivity index (χ1n) is 13.8. The van der Waals surface area contributed by atoms with Gasteiger partial charge in [0.2, 0.25) is 5.91 Å². The number of unbranched alkanes of at least 4 members (excludes halogenated alkanes) is 3. The topological polar surface area (TPSA) is 69.6 Å². The lowest BCUT2D eigenvalue weighted by Crippen LogP contribution is -2.45. The molecule has 3 N–H and O–H groups in total. The highest BCUT2D eigenvalue weighted by Gasteiger charge is 2.17. The maximum Gasteiger partial charge on any atom is 0.220 e. The number of carbonyl (C=O) groups excluding carboxylic acids is 1. The molecule has 0 aliphatic heterocycles. The highest BCUT2D eigenvalue weighted by Crippen LogP contribution is 2.03. The number of amides is 1. The largest absolute Gasteiger partial charge is 0.394 e. The smallest absolute Gasteiger partial charge is 0.220 e. The summed E-state index contributed by atoms with van der Waals surface area (Å²) in [5.74, 6) is -0.167. The van der Waals surface area contributed by atoms with E-state index in [9.17, 15) is 15.0 Å². The fourth-order valence-electron chi connectivity index (χ4n) is 3.22. The average Bonchev–Trinajstić information content (AvgIpc) is 2.88. The molecular formula is C32H51NO3. The Morgan fingerprint density at radius 2 is 1.14 bits per heavy atom. The maximum absolute atomic E-state index is 12.1. The van der Waals surface area contributed by atoms with Gasteiger partial charge in [-0.15, -0.1) is 0 Å². The summed E-state index contributed by atoms with van der Waals surface area (Å²) in [6, 6.07) is -0.684. The summed E-state index contributed by atoms with van der Waals surface area (Å²) in [7, 11) is 0. The van der Waals surface area contributed by atoms with Crippen LogP contribution < -0.4 is 5.32 Å². The minimum absolute atomic E-state index is 0.167. The van der Waals surface area contributed by atoms with Crippen LogP contribution in [0.4, 0.5) is 0 Å². The van der Waals surface area contributed by atoms with Crippen molar-refractivity contribution in [1.29, 1.82) is 0 Å². The zero-order valence-corrected chi connectivity index (χ0v) is 22.7. The predicted octanol–water partition coefficient (Wildman–Crippen LogP) is 7.44. The minimum Gasteiger partial charge on any atom is -0.394 e. The Balaban J connectivity index is 3.99. The lowest BCUT2D eigenvalue weighted by Gasteiger charge is -2.19. The van der Waals surface area contributed by atoms with Gasteiger partial charge in [-0.1, -0.05) is 105 Å². The molecule has 0 saturated heterocycles. The Morgan fingerprint density at radius 3 is 1.67 bits per heavy atom. The van der Waals surface area contributed by atoms with Crippen LogP contribution in [-0.2, 0) is 4.79 Å². The van der Waals surface area contributed by atoms with Gasteiger partial charge in [0.1, 0.15) is 0 Å². The van der Waals surface area contributed by atoms with Crippen molar-refractivity contribution in [1.82, 2.24) is 5.32 Å². The monoisotopic (exact) mass is 497 g/mol. The van der Waals surface area contributed by atoms with Gasteiger partial charge >= 0.3 is 0 Å². The third-order valence-electron chi connectivity index (χ3n) is 5.33. The molecule has 0 aromatic carbocycles. The number of nitrogens with one attached hydrogen (secondary N) is 1. The number of hydrogen-bond acceptors (Lipinski definition) is 3. The van der Waals surface area contributed by atoms with Crippen LogP contribution in [-0.4, -0.2) is 34.9 Å². The fraction of sp³-hybridized carbons (Fsp3) is 0.531. The van der Waals surface area contributed by atoms with Crippen LogP contribution in [0, 0.1) is 0 Å². The normalized spacial score (nSPS) is 14.7. The number of allylic oxidation sites excluding steroid dienone is 13. The summed E-state index contributed by atoms with van der Waals surface area (Å²) in [5.41, 5.74) is 0. The van der Waals surface area contributed by atoms with Crippen LogP contribution in [0.15, 0.2) is 85.1 Å². The quantitative estimate of drug-likeness (QED) is 0.108. The molecule has 0 rings (SSSR count). The van der Waals surface area contributed by atoms with Crippen molar-refractivity contribution in [2.75, 3.05) is 6.61 Å². The molecule has 0 aliphatic carbocycles.